The molecule has 30 heavy (non-hydrogen) atoms. The van der Waals surface area contributed by atoms with Gasteiger partial charge in [0.25, 0.3) is 11.8 Å². The second kappa shape index (κ2) is 8.36. The molecule has 3 heterocycles. The molecule has 1 fully saturated rings. The quantitative estimate of drug-likeness (QED) is 0.716. The zero-order chi connectivity index (χ0) is 21.1. The number of aromatic nitrogens is 2. The van der Waals surface area contributed by atoms with Crippen LogP contribution in [-0.2, 0) is 0 Å². The van der Waals surface area contributed by atoms with Crippen LogP contribution < -0.4 is 10.7 Å². The fraction of sp³-hybridized carbons (Fsp3) is 0.273. The highest BCUT2D eigenvalue weighted by atomic mass is 16.3. The highest BCUT2D eigenvalue weighted by Gasteiger charge is 2.27. The van der Waals surface area contributed by atoms with Crippen LogP contribution in [0.15, 0.2) is 64.0 Å². The molecular weight excluding hydrogens is 384 g/mol. The van der Waals surface area contributed by atoms with Gasteiger partial charge in [-0.3, -0.25) is 14.4 Å². The van der Waals surface area contributed by atoms with E-state index in [1.807, 2.05) is 30.3 Å². The first kappa shape index (κ1) is 19.6. The minimum Gasteiger partial charge on any atom is -0.459 e. The van der Waals surface area contributed by atoms with Gasteiger partial charge in [-0.05, 0) is 44.0 Å². The number of likely N-dealkylation sites (tertiary alicyclic amines) is 1. The molecule has 4 rings (SSSR count). The Kier molecular flexibility index (Phi) is 5.47. The van der Waals surface area contributed by atoms with E-state index in [-0.39, 0.29) is 17.6 Å². The summed E-state index contributed by atoms with van der Waals surface area (Å²) >= 11 is 0. The van der Waals surface area contributed by atoms with Crippen LogP contribution >= 0.6 is 0 Å². The average Bonchev–Trinajstić information content (AvgIpc) is 3.29. The molecule has 1 aliphatic rings. The Morgan fingerprint density at radius 1 is 1.10 bits per heavy atom. The number of amides is 2. The van der Waals surface area contributed by atoms with E-state index in [0.717, 1.165) is 5.69 Å². The smallest absolute Gasteiger partial charge is 0.289 e. The number of furan rings is 1. The lowest BCUT2D eigenvalue weighted by atomic mass is 10.0. The summed E-state index contributed by atoms with van der Waals surface area (Å²) in [5.41, 5.74) is 0.863. The molecule has 2 aromatic heterocycles. The van der Waals surface area contributed by atoms with Crippen LogP contribution in [0.3, 0.4) is 0 Å². The van der Waals surface area contributed by atoms with Gasteiger partial charge >= 0.3 is 0 Å². The Morgan fingerprint density at radius 2 is 1.83 bits per heavy atom. The largest absolute Gasteiger partial charge is 0.459 e. The van der Waals surface area contributed by atoms with Crippen molar-refractivity contribution < 1.29 is 14.0 Å². The second-order valence-electron chi connectivity index (χ2n) is 7.26. The predicted octanol–water partition coefficient (Wildman–Crippen LogP) is 2.17. The van der Waals surface area contributed by atoms with Crippen LogP contribution in [0.2, 0.25) is 0 Å². The van der Waals surface area contributed by atoms with E-state index in [1.54, 1.807) is 28.6 Å². The first-order valence-corrected chi connectivity index (χ1v) is 9.83. The lowest BCUT2D eigenvalue weighted by Crippen LogP contribution is -2.47. The highest BCUT2D eigenvalue weighted by Crippen LogP contribution is 2.15. The second-order valence-corrected chi connectivity index (χ2v) is 7.26. The average molecular weight is 406 g/mol. The number of hydrogen-bond acceptors (Lipinski definition) is 5. The van der Waals surface area contributed by atoms with Crippen LogP contribution in [0.5, 0.6) is 0 Å². The van der Waals surface area contributed by atoms with E-state index in [2.05, 4.69) is 10.4 Å². The van der Waals surface area contributed by atoms with Crippen molar-refractivity contribution >= 4 is 11.8 Å². The molecule has 0 aliphatic carbocycles. The van der Waals surface area contributed by atoms with Gasteiger partial charge in [0.05, 0.1) is 12.0 Å². The van der Waals surface area contributed by atoms with E-state index in [4.69, 9.17) is 4.42 Å². The molecule has 1 aliphatic heterocycles. The van der Waals surface area contributed by atoms with Gasteiger partial charge in [-0.15, -0.1) is 0 Å². The Balaban J connectivity index is 1.44. The molecule has 0 atom stereocenters. The van der Waals surface area contributed by atoms with Gasteiger partial charge in [0.15, 0.2) is 11.5 Å². The van der Waals surface area contributed by atoms with E-state index >= 15 is 0 Å². The molecule has 1 saturated heterocycles. The molecule has 0 radical (unpaired) electrons. The number of piperidine rings is 1. The number of para-hydroxylation sites is 1. The number of carbonyl (C=O) groups excluding carboxylic acids is 2. The number of aryl methyl sites for hydroxylation is 1. The summed E-state index contributed by atoms with van der Waals surface area (Å²) in [6, 6.07) is 13.9. The molecule has 0 spiro atoms. The third-order valence-electron chi connectivity index (χ3n) is 5.17. The first-order valence-electron chi connectivity index (χ1n) is 9.83. The van der Waals surface area contributed by atoms with Crippen molar-refractivity contribution in [3.05, 3.63) is 82.2 Å². The van der Waals surface area contributed by atoms with E-state index in [0.29, 0.717) is 37.4 Å². The maximum absolute atomic E-state index is 12.7. The molecule has 8 heteroatoms. The van der Waals surface area contributed by atoms with Crippen LogP contribution in [0, 0.1) is 6.92 Å². The zero-order valence-electron chi connectivity index (χ0n) is 16.6. The Hall–Kier alpha value is -3.68. The fourth-order valence-corrected chi connectivity index (χ4v) is 3.57. The molecule has 1 aromatic carbocycles. The van der Waals surface area contributed by atoms with Crippen LogP contribution in [0.1, 0.15) is 39.6 Å². The summed E-state index contributed by atoms with van der Waals surface area (Å²) in [4.78, 5) is 39.2. The lowest BCUT2D eigenvalue weighted by Gasteiger charge is -2.31. The SMILES string of the molecule is Cc1cc(=O)c(C(=O)NC2CCN(C(=O)c3ccco3)CC2)nn1-c1ccccc1. The molecule has 154 valence electrons. The topological polar surface area (TPSA) is 97.4 Å². The third kappa shape index (κ3) is 4.03. The van der Waals surface area contributed by atoms with E-state index in [9.17, 15) is 14.4 Å². The molecule has 0 saturated carbocycles. The van der Waals surface area contributed by atoms with Crippen molar-refractivity contribution in [3.63, 3.8) is 0 Å². The first-order chi connectivity index (χ1) is 14.5. The van der Waals surface area contributed by atoms with Gasteiger partial charge in [-0.1, -0.05) is 18.2 Å². The molecule has 0 bridgehead atoms. The minimum atomic E-state index is -0.500. The van der Waals surface area contributed by atoms with E-state index in [1.165, 1.54) is 12.3 Å². The van der Waals surface area contributed by atoms with Crippen LogP contribution in [0.25, 0.3) is 5.69 Å². The molecule has 1 N–H and O–H groups in total. The monoisotopic (exact) mass is 406 g/mol. The zero-order valence-corrected chi connectivity index (χ0v) is 16.6. The summed E-state index contributed by atoms with van der Waals surface area (Å²) in [6.07, 6.45) is 2.66. The highest BCUT2D eigenvalue weighted by molar-refractivity contribution is 5.92. The number of rotatable bonds is 4. The maximum Gasteiger partial charge on any atom is 0.289 e. The van der Waals surface area contributed by atoms with Gasteiger partial charge < -0.3 is 14.6 Å². The standard InChI is InChI=1S/C22H22N4O4/c1-15-14-18(27)20(24-26(15)17-6-3-2-4-7-17)21(28)23-16-9-11-25(12-10-16)22(29)19-8-5-13-30-19/h2-8,13-14,16H,9-12H2,1H3,(H,23,28). The van der Waals surface area contributed by atoms with E-state index < -0.39 is 11.3 Å². The predicted molar refractivity (Wildman–Crippen MR) is 110 cm³/mol. The molecule has 8 nitrogen and oxygen atoms in total. The van der Waals surface area contributed by atoms with Crippen molar-refractivity contribution in [2.45, 2.75) is 25.8 Å². The summed E-state index contributed by atoms with van der Waals surface area (Å²) < 4.78 is 6.75. The minimum absolute atomic E-state index is 0.133. The van der Waals surface area contributed by atoms with Gasteiger partial charge in [0.1, 0.15) is 0 Å². The van der Waals surface area contributed by atoms with Gasteiger partial charge in [0, 0.05) is 30.9 Å². The number of nitrogens with zero attached hydrogens (tertiary/aromatic N) is 3. The van der Waals surface area contributed by atoms with Crippen molar-refractivity contribution in [1.82, 2.24) is 20.0 Å². The third-order valence-corrected chi connectivity index (χ3v) is 5.17. The number of hydrogen-bond donors (Lipinski definition) is 1. The van der Waals surface area contributed by atoms with Gasteiger partial charge in [-0.2, -0.15) is 5.10 Å². The van der Waals surface area contributed by atoms with Crippen molar-refractivity contribution in [2.24, 2.45) is 0 Å². The number of benzene rings is 1. The summed E-state index contributed by atoms with van der Waals surface area (Å²) in [5, 5.41) is 7.19. The van der Waals surface area contributed by atoms with Gasteiger partial charge in [0.2, 0.25) is 5.43 Å². The summed E-state index contributed by atoms with van der Waals surface area (Å²) in [7, 11) is 0. The Labute approximate surface area is 173 Å². The molecule has 3 aromatic rings. The molecule has 0 unspecified atom stereocenters. The Bertz CT molecular complexity index is 1100. The van der Waals surface area contributed by atoms with Crippen LogP contribution in [0.4, 0.5) is 0 Å². The number of nitrogens with one attached hydrogen (secondary N) is 1. The van der Waals surface area contributed by atoms with Gasteiger partial charge in [-0.25, -0.2) is 4.68 Å². The number of carbonyl (C=O) groups is 2. The van der Waals surface area contributed by atoms with Crippen LogP contribution in [-0.4, -0.2) is 45.6 Å². The summed E-state index contributed by atoms with van der Waals surface area (Å²) in [5.74, 6) is -0.348. The maximum atomic E-state index is 12.7. The molecular formula is C22H22N4O4. The lowest BCUT2D eigenvalue weighted by molar-refractivity contribution is 0.0667. The van der Waals surface area contributed by atoms with Crippen molar-refractivity contribution in [1.29, 1.82) is 0 Å². The summed E-state index contributed by atoms with van der Waals surface area (Å²) in [6.45, 7) is 2.77. The van der Waals surface area contributed by atoms with Crippen molar-refractivity contribution in [3.8, 4) is 5.69 Å². The fourth-order valence-electron chi connectivity index (χ4n) is 3.57. The molecule has 2 amide bonds. The Morgan fingerprint density at radius 3 is 2.50 bits per heavy atom. The normalized spacial score (nSPS) is 14.5. The van der Waals surface area contributed by atoms with Crippen molar-refractivity contribution in [2.75, 3.05) is 13.1 Å².